The molecule has 0 saturated carbocycles. The van der Waals surface area contributed by atoms with E-state index in [-0.39, 0.29) is 18.5 Å². The van der Waals surface area contributed by atoms with Gasteiger partial charge in [-0.15, -0.1) is 22.9 Å². The van der Waals surface area contributed by atoms with Gasteiger partial charge in [-0.05, 0) is 30.7 Å². The fraction of sp³-hybridized carbons (Fsp3) is 0.615. The minimum absolute atomic E-state index is 0.0186. The second-order valence-corrected chi connectivity index (χ2v) is 5.05. The SMILES string of the molecule is CCOCN(C(=O)CCl)c1c(CC)csc1CC. The lowest BCUT2D eigenvalue weighted by Crippen LogP contribution is -2.35. The molecule has 0 aliphatic heterocycles. The summed E-state index contributed by atoms with van der Waals surface area (Å²) in [5.74, 6) is -0.122. The number of carbonyl (C=O) groups is 1. The molecule has 18 heavy (non-hydrogen) atoms. The van der Waals surface area contributed by atoms with Crippen LogP contribution in [-0.2, 0) is 22.4 Å². The molecule has 102 valence electrons. The Morgan fingerprint density at radius 2 is 2.11 bits per heavy atom. The van der Waals surface area contributed by atoms with Gasteiger partial charge in [-0.1, -0.05) is 13.8 Å². The Morgan fingerprint density at radius 3 is 2.61 bits per heavy atom. The quantitative estimate of drug-likeness (QED) is 0.568. The van der Waals surface area contributed by atoms with Crippen molar-refractivity contribution in [3.8, 4) is 0 Å². The Morgan fingerprint density at radius 1 is 1.39 bits per heavy atom. The Kier molecular flexibility index (Phi) is 6.68. The van der Waals surface area contributed by atoms with Gasteiger partial charge in [-0.2, -0.15) is 0 Å². The number of hydrogen-bond donors (Lipinski definition) is 0. The summed E-state index contributed by atoms with van der Waals surface area (Å²) in [6.07, 6.45) is 1.82. The molecule has 3 nitrogen and oxygen atoms in total. The minimum atomic E-state index is -0.104. The first-order valence-corrected chi connectivity index (χ1v) is 7.64. The highest BCUT2D eigenvalue weighted by Gasteiger charge is 2.21. The van der Waals surface area contributed by atoms with E-state index in [0.717, 1.165) is 18.5 Å². The fourth-order valence-corrected chi connectivity index (χ4v) is 3.00. The normalized spacial score (nSPS) is 10.7. The van der Waals surface area contributed by atoms with Gasteiger partial charge in [0.2, 0.25) is 5.91 Å². The number of alkyl halides is 1. The van der Waals surface area contributed by atoms with E-state index in [1.54, 1.807) is 16.2 Å². The number of hydrogen-bond acceptors (Lipinski definition) is 3. The average molecular weight is 290 g/mol. The molecule has 0 N–H and O–H groups in total. The van der Waals surface area contributed by atoms with Crippen LogP contribution in [0.4, 0.5) is 5.69 Å². The number of ether oxygens (including phenoxy) is 1. The van der Waals surface area contributed by atoms with Gasteiger partial charge in [0.05, 0.1) is 5.69 Å². The molecule has 0 aromatic carbocycles. The van der Waals surface area contributed by atoms with E-state index in [1.165, 1.54) is 10.4 Å². The molecule has 0 aliphatic rings. The number of nitrogens with zero attached hydrogens (tertiary/aromatic N) is 1. The zero-order valence-corrected chi connectivity index (χ0v) is 12.7. The Hall–Kier alpha value is -0.580. The zero-order valence-electron chi connectivity index (χ0n) is 11.2. The number of amides is 1. The summed E-state index contributed by atoms with van der Waals surface area (Å²) in [5, 5.41) is 2.12. The lowest BCUT2D eigenvalue weighted by Gasteiger charge is -2.23. The molecule has 0 atom stereocenters. The van der Waals surface area contributed by atoms with Crippen molar-refractivity contribution in [2.24, 2.45) is 0 Å². The topological polar surface area (TPSA) is 29.5 Å². The van der Waals surface area contributed by atoms with Crippen LogP contribution < -0.4 is 4.90 Å². The molecule has 0 saturated heterocycles. The number of anilines is 1. The molecule has 0 spiro atoms. The van der Waals surface area contributed by atoms with Crippen LogP contribution in [0, 0.1) is 0 Å². The van der Waals surface area contributed by atoms with Gasteiger partial charge in [-0.25, -0.2) is 0 Å². The van der Waals surface area contributed by atoms with Gasteiger partial charge in [0.15, 0.2) is 0 Å². The van der Waals surface area contributed by atoms with Gasteiger partial charge in [0.25, 0.3) is 0 Å². The first-order valence-electron chi connectivity index (χ1n) is 6.22. The summed E-state index contributed by atoms with van der Waals surface area (Å²) in [5.41, 5.74) is 2.19. The van der Waals surface area contributed by atoms with Gasteiger partial charge >= 0.3 is 0 Å². The third-order valence-electron chi connectivity index (χ3n) is 2.72. The fourth-order valence-electron chi connectivity index (χ4n) is 1.77. The average Bonchev–Trinajstić information content (AvgIpc) is 2.81. The summed E-state index contributed by atoms with van der Waals surface area (Å²) in [7, 11) is 0. The standard InChI is InChI=1S/C13H20ClNO2S/c1-4-10-8-18-11(5-2)13(10)15(9-17-6-3)12(16)7-14/h8H,4-7,9H2,1-3H3. The molecule has 1 heterocycles. The van der Waals surface area contributed by atoms with Crippen molar-refractivity contribution in [2.75, 3.05) is 24.1 Å². The first-order chi connectivity index (χ1) is 8.69. The molecule has 1 aromatic heterocycles. The van der Waals surface area contributed by atoms with Crippen LogP contribution in [-0.4, -0.2) is 25.1 Å². The Labute approximate surface area is 118 Å². The number of thiophene rings is 1. The summed E-state index contributed by atoms with van der Waals surface area (Å²) < 4.78 is 5.39. The lowest BCUT2D eigenvalue weighted by atomic mass is 10.1. The Bertz CT molecular complexity index is 371. The smallest absolute Gasteiger partial charge is 0.243 e. The molecule has 0 aliphatic carbocycles. The maximum Gasteiger partial charge on any atom is 0.243 e. The van der Waals surface area contributed by atoms with Crippen molar-refractivity contribution in [1.29, 1.82) is 0 Å². The maximum absolute atomic E-state index is 12.0. The van der Waals surface area contributed by atoms with Crippen LogP contribution in [0.1, 0.15) is 31.2 Å². The van der Waals surface area contributed by atoms with Crippen molar-refractivity contribution in [3.63, 3.8) is 0 Å². The largest absolute Gasteiger partial charge is 0.361 e. The summed E-state index contributed by atoms with van der Waals surface area (Å²) in [6, 6.07) is 0. The molecule has 0 bridgehead atoms. The molecule has 1 rings (SSSR count). The monoisotopic (exact) mass is 289 g/mol. The van der Waals surface area contributed by atoms with Crippen molar-refractivity contribution in [2.45, 2.75) is 33.6 Å². The molecule has 5 heteroatoms. The molecular weight excluding hydrogens is 270 g/mol. The van der Waals surface area contributed by atoms with E-state index in [2.05, 4.69) is 19.2 Å². The molecule has 1 amide bonds. The van der Waals surface area contributed by atoms with Crippen LogP contribution in [0.3, 0.4) is 0 Å². The number of halogens is 1. The van der Waals surface area contributed by atoms with E-state index in [0.29, 0.717) is 6.61 Å². The highest BCUT2D eigenvalue weighted by molar-refractivity contribution is 7.10. The molecule has 0 fully saturated rings. The summed E-state index contributed by atoms with van der Waals surface area (Å²) in [4.78, 5) is 14.9. The van der Waals surface area contributed by atoms with E-state index < -0.39 is 0 Å². The molecule has 1 aromatic rings. The van der Waals surface area contributed by atoms with Crippen LogP contribution >= 0.6 is 22.9 Å². The van der Waals surface area contributed by atoms with Crippen molar-refractivity contribution < 1.29 is 9.53 Å². The predicted octanol–water partition coefficient (Wildman–Crippen LogP) is 3.44. The van der Waals surface area contributed by atoms with Gasteiger partial charge < -0.3 is 4.74 Å². The van der Waals surface area contributed by atoms with Gasteiger partial charge in [0, 0.05) is 11.5 Å². The minimum Gasteiger partial charge on any atom is -0.361 e. The summed E-state index contributed by atoms with van der Waals surface area (Å²) in [6.45, 7) is 6.96. The highest BCUT2D eigenvalue weighted by Crippen LogP contribution is 2.33. The van der Waals surface area contributed by atoms with E-state index in [9.17, 15) is 4.79 Å². The van der Waals surface area contributed by atoms with Crippen molar-refractivity contribution in [3.05, 3.63) is 15.8 Å². The van der Waals surface area contributed by atoms with E-state index >= 15 is 0 Å². The van der Waals surface area contributed by atoms with Crippen molar-refractivity contribution >= 4 is 34.5 Å². The van der Waals surface area contributed by atoms with Crippen LogP contribution in [0.5, 0.6) is 0 Å². The van der Waals surface area contributed by atoms with Crippen LogP contribution in [0.15, 0.2) is 5.38 Å². The van der Waals surface area contributed by atoms with Crippen LogP contribution in [0.25, 0.3) is 0 Å². The van der Waals surface area contributed by atoms with E-state index in [1.807, 2.05) is 6.92 Å². The van der Waals surface area contributed by atoms with E-state index in [4.69, 9.17) is 16.3 Å². The number of aryl methyl sites for hydroxylation is 2. The molecular formula is C13H20ClNO2S. The van der Waals surface area contributed by atoms with Crippen LogP contribution in [0.2, 0.25) is 0 Å². The zero-order chi connectivity index (χ0) is 13.5. The second-order valence-electron chi connectivity index (χ2n) is 3.82. The maximum atomic E-state index is 12.0. The van der Waals surface area contributed by atoms with Crippen molar-refractivity contribution in [1.82, 2.24) is 0 Å². The molecule has 0 radical (unpaired) electrons. The number of carbonyl (C=O) groups excluding carboxylic acids is 1. The molecule has 0 unspecified atom stereocenters. The second kappa shape index (κ2) is 7.77. The Balaban J connectivity index is 3.09. The number of rotatable bonds is 7. The third kappa shape index (κ3) is 3.46. The third-order valence-corrected chi connectivity index (χ3v) is 4.12. The van der Waals surface area contributed by atoms with Gasteiger partial charge in [-0.3, -0.25) is 9.69 Å². The lowest BCUT2D eigenvalue weighted by molar-refractivity contribution is -0.117. The highest BCUT2D eigenvalue weighted by atomic mass is 35.5. The predicted molar refractivity (Wildman–Crippen MR) is 77.8 cm³/mol. The summed E-state index contributed by atoms with van der Waals surface area (Å²) >= 11 is 7.39. The first kappa shape index (κ1) is 15.5. The van der Waals surface area contributed by atoms with Gasteiger partial charge in [0.1, 0.15) is 12.6 Å².